The zero-order valence-electron chi connectivity index (χ0n) is 14.5. The molecule has 2 aromatic rings. The van der Waals surface area contributed by atoms with Gasteiger partial charge in [0.25, 0.3) is 11.9 Å². The summed E-state index contributed by atoms with van der Waals surface area (Å²) in [4.78, 5) is 16.2. The molecule has 148 valence electrons. The maximum Gasteiger partial charge on any atom is 0.333 e. The molecule has 1 atom stereocenters. The summed E-state index contributed by atoms with van der Waals surface area (Å²) in [5, 5.41) is 5.84. The highest BCUT2D eigenvalue weighted by atomic mass is 19.3. The Hall–Kier alpha value is -3.37. The number of alkyl halides is 3. The number of anilines is 1. The summed E-state index contributed by atoms with van der Waals surface area (Å²) in [6.07, 6.45) is 3.14. The number of amidine groups is 1. The number of aliphatic imine (C=N–C) groups is 1. The Morgan fingerprint density at radius 1 is 1.43 bits per heavy atom. The van der Waals surface area contributed by atoms with Crippen molar-refractivity contribution < 1.29 is 27.1 Å². The van der Waals surface area contributed by atoms with Crippen molar-refractivity contribution in [3.8, 4) is 0 Å². The van der Waals surface area contributed by atoms with Crippen LogP contribution in [0.4, 0.5) is 23.2 Å². The molecule has 28 heavy (non-hydrogen) atoms. The second-order valence-electron chi connectivity index (χ2n) is 6.08. The molecule has 0 spiro atoms. The Morgan fingerprint density at radius 3 is 2.82 bits per heavy atom. The van der Waals surface area contributed by atoms with Crippen LogP contribution < -0.4 is 11.1 Å². The Bertz CT molecular complexity index is 972. The van der Waals surface area contributed by atoms with E-state index in [1.807, 2.05) is 0 Å². The van der Waals surface area contributed by atoms with E-state index in [1.165, 1.54) is 25.1 Å². The number of ether oxygens (including phenoxy) is 1. The molecule has 0 radical (unpaired) electrons. The third-order valence-corrected chi connectivity index (χ3v) is 3.99. The molecule has 0 fully saturated rings. The van der Waals surface area contributed by atoms with Gasteiger partial charge in [-0.15, -0.1) is 0 Å². The number of benzene rings is 1. The minimum atomic E-state index is -2.88. The SMILES string of the molecule is C[C@@]1(c2cc(NC(=O)c3cnn(C(F)F)c3)ccc2F)C=C(CF)OC(N)=N1. The summed E-state index contributed by atoms with van der Waals surface area (Å²) >= 11 is 0. The van der Waals surface area contributed by atoms with Crippen LogP contribution in [0.3, 0.4) is 0 Å². The smallest absolute Gasteiger partial charge is 0.333 e. The molecule has 3 N–H and O–H groups in total. The third kappa shape index (κ3) is 3.82. The number of amides is 1. The maximum absolute atomic E-state index is 14.4. The van der Waals surface area contributed by atoms with Crippen LogP contribution in [0.15, 0.2) is 47.4 Å². The Morgan fingerprint density at radius 2 is 2.18 bits per heavy atom. The number of nitrogens with one attached hydrogen (secondary N) is 1. The molecule has 3 rings (SSSR count). The van der Waals surface area contributed by atoms with Crippen LogP contribution >= 0.6 is 0 Å². The van der Waals surface area contributed by atoms with Gasteiger partial charge in [-0.25, -0.2) is 18.5 Å². The lowest BCUT2D eigenvalue weighted by Crippen LogP contribution is -2.31. The largest absolute Gasteiger partial charge is 0.428 e. The maximum atomic E-state index is 14.4. The van der Waals surface area contributed by atoms with Gasteiger partial charge >= 0.3 is 6.55 Å². The molecule has 0 bridgehead atoms. The van der Waals surface area contributed by atoms with E-state index in [0.717, 1.165) is 18.5 Å². The monoisotopic (exact) mass is 397 g/mol. The fraction of sp³-hybridized carbons (Fsp3) is 0.235. The van der Waals surface area contributed by atoms with Gasteiger partial charge in [0, 0.05) is 17.4 Å². The van der Waals surface area contributed by atoms with Crippen molar-refractivity contribution in [3.63, 3.8) is 0 Å². The first-order chi connectivity index (χ1) is 13.2. The molecule has 0 saturated heterocycles. The normalized spacial score (nSPS) is 19.1. The van der Waals surface area contributed by atoms with Gasteiger partial charge < -0.3 is 15.8 Å². The van der Waals surface area contributed by atoms with Gasteiger partial charge in [0.1, 0.15) is 23.8 Å². The first kappa shape index (κ1) is 19.4. The number of allylic oxidation sites excluding steroid dienone is 1. The van der Waals surface area contributed by atoms with Crippen LogP contribution in [0.2, 0.25) is 0 Å². The Balaban J connectivity index is 1.90. The summed E-state index contributed by atoms with van der Waals surface area (Å²) in [7, 11) is 0. The number of nitrogens with two attached hydrogens (primary N) is 1. The topological polar surface area (TPSA) is 94.5 Å². The summed E-state index contributed by atoms with van der Waals surface area (Å²) in [6.45, 7) is -2.35. The van der Waals surface area contributed by atoms with Crippen LogP contribution in [0.5, 0.6) is 0 Å². The van der Waals surface area contributed by atoms with Crippen molar-refractivity contribution in [2.75, 3.05) is 12.0 Å². The number of nitrogens with zero attached hydrogens (tertiary/aromatic N) is 3. The first-order valence-corrected chi connectivity index (χ1v) is 7.96. The van der Waals surface area contributed by atoms with Gasteiger partial charge in [-0.2, -0.15) is 13.9 Å². The van der Waals surface area contributed by atoms with Crippen molar-refractivity contribution in [1.29, 1.82) is 0 Å². The molecule has 1 aromatic carbocycles. The first-order valence-electron chi connectivity index (χ1n) is 7.96. The number of halogens is 4. The van der Waals surface area contributed by atoms with Crippen LogP contribution in [-0.4, -0.2) is 28.4 Å². The fourth-order valence-electron chi connectivity index (χ4n) is 2.72. The van der Waals surface area contributed by atoms with E-state index in [4.69, 9.17) is 10.5 Å². The van der Waals surface area contributed by atoms with Crippen molar-refractivity contribution in [2.45, 2.75) is 19.0 Å². The predicted octanol–water partition coefficient (Wildman–Crippen LogP) is 3.08. The quantitative estimate of drug-likeness (QED) is 0.758. The van der Waals surface area contributed by atoms with Gasteiger partial charge in [0.2, 0.25) is 0 Å². The summed E-state index contributed by atoms with van der Waals surface area (Å²) < 4.78 is 57.8. The van der Waals surface area contributed by atoms with Gasteiger partial charge in [0.15, 0.2) is 0 Å². The molecule has 1 aliphatic heterocycles. The Labute approximate surface area is 156 Å². The van der Waals surface area contributed by atoms with E-state index >= 15 is 0 Å². The van der Waals surface area contributed by atoms with Crippen molar-refractivity contribution in [2.24, 2.45) is 10.7 Å². The van der Waals surface area contributed by atoms with Crippen LogP contribution in [0, 0.1) is 5.82 Å². The van der Waals surface area contributed by atoms with Crippen LogP contribution in [0.25, 0.3) is 0 Å². The summed E-state index contributed by atoms with van der Waals surface area (Å²) in [6, 6.07) is 3.33. The van der Waals surface area contributed by atoms with E-state index < -0.39 is 30.5 Å². The van der Waals surface area contributed by atoms with Crippen molar-refractivity contribution in [3.05, 3.63) is 59.4 Å². The zero-order valence-corrected chi connectivity index (χ0v) is 14.5. The van der Waals surface area contributed by atoms with E-state index in [0.29, 0.717) is 4.68 Å². The molecular formula is C17H15F4N5O2. The molecule has 2 heterocycles. The average molecular weight is 397 g/mol. The number of rotatable bonds is 5. The number of hydrogen-bond donors (Lipinski definition) is 2. The number of carbonyl (C=O) groups excluding carboxylic acids is 1. The second-order valence-corrected chi connectivity index (χ2v) is 6.08. The van der Waals surface area contributed by atoms with Crippen molar-refractivity contribution in [1.82, 2.24) is 9.78 Å². The van der Waals surface area contributed by atoms with Crippen LogP contribution in [-0.2, 0) is 10.3 Å². The lowest BCUT2D eigenvalue weighted by atomic mass is 9.90. The van der Waals surface area contributed by atoms with E-state index in [-0.39, 0.29) is 28.6 Å². The van der Waals surface area contributed by atoms with Gasteiger partial charge in [-0.3, -0.25) is 4.79 Å². The Kier molecular flexibility index (Phi) is 5.08. The van der Waals surface area contributed by atoms with E-state index in [2.05, 4.69) is 15.4 Å². The summed E-state index contributed by atoms with van der Waals surface area (Å²) in [5.74, 6) is -1.51. The minimum absolute atomic E-state index is 0.00535. The molecule has 11 heteroatoms. The lowest BCUT2D eigenvalue weighted by Gasteiger charge is -2.28. The number of hydrogen-bond acceptors (Lipinski definition) is 5. The molecule has 0 unspecified atom stereocenters. The average Bonchev–Trinajstić information content (AvgIpc) is 3.13. The number of aromatic nitrogens is 2. The summed E-state index contributed by atoms with van der Waals surface area (Å²) in [5.41, 5.74) is 4.25. The van der Waals surface area contributed by atoms with Crippen molar-refractivity contribution >= 4 is 17.6 Å². The molecule has 1 amide bonds. The lowest BCUT2D eigenvalue weighted by molar-refractivity contribution is 0.0565. The van der Waals surface area contributed by atoms with Gasteiger partial charge in [-0.05, 0) is 31.2 Å². The standard InChI is InChI=1S/C17H15F4N5O2/c1-17(5-11(6-18)28-16(22)25-17)12-4-10(2-3-13(12)19)24-14(27)9-7-23-26(8-9)15(20)21/h2-5,7-8,15H,6H2,1H3,(H2,22,25)(H,24,27)/t17-/m0/s1. The number of carbonyl (C=O) groups is 1. The molecule has 7 nitrogen and oxygen atoms in total. The minimum Gasteiger partial charge on any atom is -0.428 e. The molecule has 0 aliphatic carbocycles. The zero-order chi connectivity index (χ0) is 20.5. The highest BCUT2D eigenvalue weighted by Crippen LogP contribution is 2.35. The highest BCUT2D eigenvalue weighted by Gasteiger charge is 2.32. The van der Waals surface area contributed by atoms with E-state index in [9.17, 15) is 22.4 Å². The van der Waals surface area contributed by atoms with E-state index in [1.54, 1.807) is 0 Å². The molecular weight excluding hydrogens is 382 g/mol. The molecule has 1 aliphatic rings. The molecule has 0 saturated carbocycles. The second kappa shape index (κ2) is 7.33. The third-order valence-electron chi connectivity index (χ3n) is 3.99. The van der Waals surface area contributed by atoms with Gasteiger partial charge in [-0.1, -0.05) is 0 Å². The van der Waals surface area contributed by atoms with Crippen LogP contribution in [0.1, 0.15) is 29.4 Å². The molecule has 1 aromatic heterocycles. The highest BCUT2D eigenvalue weighted by molar-refractivity contribution is 6.04. The van der Waals surface area contributed by atoms with Gasteiger partial charge in [0.05, 0.1) is 11.8 Å². The predicted molar refractivity (Wildman–Crippen MR) is 92.0 cm³/mol. The fourth-order valence-corrected chi connectivity index (χ4v) is 2.72.